The van der Waals surface area contributed by atoms with Crippen LogP contribution in [0, 0.1) is 22.7 Å². The van der Waals surface area contributed by atoms with Crippen LogP contribution in [0.4, 0.5) is 5.69 Å². The number of aromatic nitrogens is 5. The lowest BCUT2D eigenvalue weighted by atomic mass is 9.97. The molecule has 10 nitrogen and oxygen atoms in total. The Kier molecular flexibility index (Phi) is 6.95. The number of pyridine rings is 1. The van der Waals surface area contributed by atoms with Gasteiger partial charge in [-0.05, 0) is 26.7 Å². The maximum absolute atomic E-state index is 12.9. The van der Waals surface area contributed by atoms with Crippen LogP contribution in [0.5, 0.6) is 0 Å². The largest absolute Gasteiger partial charge is 0.364 e. The number of nitriles is 2. The molecule has 4 rings (SSSR count). The highest BCUT2D eigenvalue weighted by atomic mass is 16.1. The average Bonchev–Trinajstić information content (AvgIpc) is 3.49. The molecule has 4 heterocycles. The van der Waals surface area contributed by atoms with Crippen LogP contribution in [0.25, 0.3) is 11.0 Å². The van der Waals surface area contributed by atoms with E-state index in [-0.39, 0.29) is 30.2 Å². The van der Waals surface area contributed by atoms with E-state index in [1.54, 1.807) is 28.6 Å². The molecule has 0 amide bonds. The molecule has 1 unspecified atom stereocenters. The van der Waals surface area contributed by atoms with Gasteiger partial charge in [-0.3, -0.25) is 19.1 Å². The summed E-state index contributed by atoms with van der Waals surface area (Å²) < 4.78 is 5.01. The zero-order valence-electron chi connectivity index (χ0n) is 21.1. The molecule has 0 aromatic carbocycles. The van der Waals surface area contributed by atoms with Crippen LogP contribution in [-0.2, 0) is 20.1 Å². The Hall–Kier alpha value is -3.63. The molecule has 1 saturated heterocycles. The topological polar surface area (TPSA) is 112 Å². The fourth-order valence-corrected chi connectivity index (χ4v) is 5.22. The lowest BCUT2D eigenvalue weighted by Crippen LogP contribution is -2.59. The van der Waals surface area contributed by atoms with Gasteiger partial charge in [-0.25, -0.2) is 0 Å². The minimum Gasteiger partial charge on any atom is -0.364 e. The van der Waals surface area contributed by atoms with Crippen molar-refractivity contribution in [2.24, 2.45) is 7.05 Å². The van der Waals surface area contributed by atoms with Gasteiger partial charge in [0.15, 0.2) is 0 Å². The molecule has 1 fully saturated rings. The first-order chi connectivity index (χ1) is 16.9. The normalized spacial score (nSPS) is 19.6. The zero-order valence-corrected chi connectivity index (χ0v) is 21.1. The van der Waals surface area contributed by atoms with Crippen molar-refractivity contribution in [3.8, 4) is 12.1 Å². The number of hydrogen-bond donors (Lipinski definition) is 0. The first-order valence-electron chi connectivity index (χ1n) is 12.3. The van der Waals surface area contributed by atoms with E-state index in [0.717, 1.165) is 54.9 Å². The summed E-state index contributed by atoms with van der Waals surface area (Å²) >= 11 is 0. The summed E-state index contributed by atoms with van der Waals surface area (Å²) in [6.45, 7) is 10.9. The van der Waals surface area contributed by atoms with E-state index in [2.05, 4.69) is 47.8 Å². The van der Waals surface area contributed by atoms with E-state index >= 15 is 0 Å². The first-order valence-corrected chi connectivity index (χ1v) is 12.3. The molecule has 3 aromatic rings. The maximum Gasteiger partial charge on any atom is 0.252 e. The second-order valence-electron chi connectivity index (χ2n) is 9.19. The van der Waals surface area contributed by atoms with E-state index in [9.17, 15) is 10.1 Å². The van der Waals surface area contributed by atoms with Crippen molar-refractivity contribution < 1.29 is 0 Å². The van der Waals surface area contributed by atoms with Gasteiger partial charge < -0.3 is 9.47 Å². The van der Waals surface area contributed by atoms with Crippen LogP contribution in [0.3, 0.4) is 0 Å². The Bertz CT molecular complexity index is 1350. The van der Waals surface area contributed by atoms with Crippen molar-refractivity contribution in [1.82, 2.24) is 29.0 Å². The number of anilines is 1. The number of aryl methyl sites for hydroxylation is 2. The first kappa shape index (κ1) is 24.5. The molecule has 0 aliphatic carbocycles. The third-order valence-electron chi connectivity index (χ3n) is 7.29. The predicted molar refractivity (Wildman–Crippen MR) is 134 cm³/mol. The summed E-state index contributed by atoms with van der Waals surface area (Å²) in [7, 11) is 1.74. The predicted octanol–water partition coefficient (Wildman–Crippen LogP) is 2.79. The van der Waals surface area contributed by atoms with Gasteiger partial charge in [0, 0.05) is 51.0 Å². The monoisotopic (exact) mass is 475 g/mol. The van der Waals surface area contributed by atoms with Gasteiger partial charge in [-0.2, -0.15) is 20.7 Å². The summed E-state index contributed by atoms with van der Waals surface area (Å²) in [5, 5.41) is 28.2. The van der Waals surface area contributed by atoms with Gasteiger partial charge in [0.25, 0.3) is 5.56 Å². The summed E-state index contributed by atoms with van der Waals surface area (Å²) in [6.07, 6.45) is 5.41. The lowest BCUT2D eigenvalue weighted by Gasteiger charge is -2.49. The molecule has 3 atom stereocenters. The standard InChI is InChI=1S/C25H33N9O/c1-6-19-15-34(21-11-23(35)30(5)22-16-32(10-9-26)29-25(21)22)20(7-2)14-33(19)17(4)24-18(12-27)13-31(8-3)28-24/h11,13,16-17,19-20H,6-8,10,14-15H2,1-5H3/t17?,19-,20+/m1/s1. The van der Waals surface area contributed by atoms with Crippen molar-refractivity contribution in [3.05, 3.63) is 40.1 Å². The summed E-state index contributed by atoms with van der Waals surface area (Å²) in [5.74, 6) is 0. The third kappa shape index (κ3) is 4.30. The molecule has 0 spiro atoms. The van der Waals surface area contributed by atoms with Gasteiger partial charge in [0.05, 0.1) is 40.8 Å². The van der Waals surface area contributed by atoms with E-state index in [4.69, 9.17) is 10.4 Å². The SMILES string of the molecule is CC[C@H]1CN(C(C)c2nn(CC)cc2C#N)[C@H](CC)CN1c1cc(=O)n(C)c2cn(CC#N)nc12. The Morgan fingerprint density at radius 1 is 1.09 bits per heavy atom. The van der Waals surface area contributed by atoms with Crippen LogP contribution >= 0.6 is 0 Å². The summed E-state index contributed by atoms with van der Waals surface area (Å²) in [5.41, 5.74) is 3.65. The number of rotatable bonds is 7. The number of hydrogen-bond acceptors (Lipinski definition) is 7. The highest BCUT2D eigenvalue weighted by molar-refractivity contribution is 5.88. The highest BCUT2D eigenvalue weighted by Gasteiger charge is 2.37. The third-order valence-corrected chi connectivity index (χ3v) is 7.29. The molecular formula is C25H33N9O. The van der Waals surface area contributed by atoms with Crippen molar-refractivity contribution in [1.29, 1.82) is 10.5 Å². The smallest absolute Gasteiger partial charge is 0.252 e. The fraction of sp³-hybridized carbons (Fsp3) is 0.560. The Morgan fingerprint density at radius 3 is 2.46 bits per heavy atom. The van der Waals surface area contributed by atoms with Crippen LogP contribution in [-0.4, -0.2) is 54.2 Å². The number of fused-ring (bicyclic) bond motifs is 1. The summed E-state index contributed by atoms with van der Waals surface area (Å²) in [4.78, 5) is 17.6. The van der Waals surface area contributed by atoms with E-state index in [1.165, 1.54) is 0 Å². The molecule has 3 aromatic heterocycles. The Balaban J connectivity index is 1.73. The van der Waals surface area contributed by atoms with E-state index in [0.29, 0.717) is 5.56 Å². The lowest BCUT2D eigenvalue weighted by molar-refractivity contribution is 0.0986. The van der Waals surface area contributed by atoms with Crippen LogP contribution < -0.4 is 10.5 Å². The number of piperazine rings is 1. The molecular weight excluding hydrogens is 442 g/mol. The van der Waals surface area contributed by atoms with Crippen LogP contribution in [0.15, 0.2) is 23.3 Å². The van der Waals surface area contributed by atoms with Crippen molar-refractivity contribution in [2.75, 3.05) is 18.0 Å². The van der Waals surface area contributed by atoms with E-state index in [1.807, 2.05) is 17.8 Å². The second-order valence-corrected chi connectivity index (χ2v) is 9.19. The fourth-order valence-electron chi connectivity index (χ4n) is 5.22. The molecule has 1 aliphatic heterocycles. The van der Waals surface area contributed by atoms with Gasteiger partial charge in [-0.1, -0.05) is 13.8 Å². The average molecular weight is 476 g/mol. The van der Waals surface area contributed by atoms with E-state index < -0.39 is 0 Å². The van der Waals surface area contributed by atoms with Gasteiger partial charge in [0.1, 0.15) is 18.1 Å². The summed E-state index contributed by atoms with van der Waals surface area (Å²) in [6, 6.07) is 6.49. The number of nitrogens with zero attached hydrogens (tertiary/aromatic N) is 9. The molecule has 184 valence electrons. The van der Waals surface area contributed by atoms with Crippen molar-refractivity contribution in [3.63, 3.8) is 0 Å². The molecule has 0 N–H and O–H groups in total. The minimum atomic E-state index is -0.0912. The van der Waals surface area contributed by atoms with Crippen LogP contribution in [0.1, 0.15) is 57.8 Å². The van der Waals surface area contributed by atoms with Crippen molar-refractivity contribution >= 4 is 16.7 Å². The van der Waals surface area contributed by atoms with Gasteiger partial charge in [-0.15, -0.1) is 0 Å². The molecule has 0 bridgehead atoms. The quantitative estimate of drug-likeness (QED) is 0.516. The molecule has 0 radical (unpaired) electrons. The molecule has 10 heteroatoms. The Morgan fingerprint density at radius 2 is 1.83 bits per heavy atom. The zero-order chi connectivity index (χ0) is 25.3. The Labute approximate surface area is 205 Å². The van der Waals surface area contributed by atoms with Crippen molar-refractivity contribution in [2.45, 2.75) is 71.8 Å². The maximum atomic E-state index is 12.9. The second kappa shape index (κ2) is 9.93. The minimum absolute atomic E-state index is 0.00269. The molecule has 35 heavy (non-hydrogen) atoms. The van der Waals surface area contributed by atoms with Crippen LogP contribution in [0.2, 0.25) is 0 Å². The van der Waals surface area contributed by atoms with Gasteiger partial charge in [0.2, 0.25) is 0 Å². The van der Waals surface area contributed by atoms with Gasteiger partial charge >= 0.3 is 0 Å². The molecule has 1 aliphatic rings. The molecule has 0 saturated carbocycles. The highest BCUT2D eigenvalue weighted by Crippen LogP contribution is 2.34.